The Morgan fingerprint density at radius 1 is 1.06 bits per heavy atom. The SMILES string of the molecule is CCCCNC(=O)c1cccc(-c2ccc3c(c2)C(NC(N)=NC)CC(c2ccccc2)O3)c1. The normalized spacial score (nSPS) is 17.4. The van der Waals surface area contributed by atoms with Crippen molar-refractivity contribution in [1.29, 1.82) is 0 Å². The van der Waals surface area contributed by atoms with Gasteiger partial charge in [-0.1, -0.05) is 61.9 Å². The number of carbonyl (C=O) groups excluding carboxylic acids is 1. The van der Waals surface area contributed by atoms with Crippen molar-refractivity contribution in [1.82, 2.24) is 10.6 Å². The first-order valence-electron chi connectivity index (χ1n) is 11.8. The highest BCUT2D eigenvalue weighted by atomic mass is 16.5. The summed E-state index contributed by atoms with van der Waals surface area (Å²) in [5.41, 5.74) is 10.8. The Hall–Kier alpha value is -3.80. The predicted molar refractivity (Wildman–Crippen MR) is 137 cm³/mol. The van der Waals surface area contributed by atoms with E-state index in [4.69, 9.17) is 10.5 Å². The van der Waals surface area contributed by atoms with E-state index in [2.05, 4.69) is 40.7 Å². The molecule has 4 rings (SSSR count). The molecule has 6 heteroatoms. The Balaban J connectivity index is 1.64. The molecule has 0 fully saturated rings. The standard InChI is InChI=1S/C28H32N4O2/c1-3-4-15-31-27(33)22-12-8-11-20(16-22)21-13-14-25-23(17-21)24(32-28(29)30-2)18-26(34-25)19-9-6-5-7-10-19/h5-14,16-17,24,26H,3-4,15,18H2,1-2H3,(H,31,33)(H3,29,30,32). The summed E-state index contributed by atoms with van der Waals surface area (Å²) in [4.78, 5) is 16.6. The lowest BCUT2D eigenvalue weighted by molar-refractivity contribution is 0.0953. The van der Waals surface area contributed by atoms with Gasteiger partial charge in [-0.05, 0) is 47.4 Å². The molecule has 1 aliphatic rings. The van der Waals surface area contributed by atoms with Crippen LogP contribution in [0.25, 0.3) is 11.1 Å². The van der Waals surface area contributed by atoms with E-state index in [0.717, 1.165) is 47.3 Å². The van der Waals surface area contributed by atoms with Gasteiger partial charge in [0.1, 0.15) is 11.9 Å². The number of hydrogen-bond donors (Lipinski definition) is 3. The van der Waals surface area contributed by atoms with Gasteiger partial charge >= 0.3 is 0 Å². The van der Waals surface area contributed by atoms with Crippen molar-refractivity contribution in [3.63, 3.8) is 0 Å². The summed E-state index contributed by atoms with van der Waals surface area (Å²) in [6.45, 7) is 2.79. The summed E-state index contributed by atoms with van der Waals surface area (Å²) in [5.74, 6) is 1.16. The molecule has 6 nitrogen and oxygen atoms in total. The second-order valence-corrected chi connectivity index (χ2v) is 8.50. The minimum atomic E-state index is -0.0862. The minimum Gasteiger partial charge on any atom is -0.485 e. The van der Waals surface area contributed by atoms with Crippen molar-refractivity contribution in [2.45, 2.75) is 38.3 Å². The number of hydrogen-bond acceptors (Lipinski definition) is 3. The summed E-state index contributed by atoms with van der Waals surface area (Å²) >= 11 is 0. The molecule has 2 atom stereocenters. The number of benzene rings is 3. The van der Waals surface area contributed by atoms with Crippen LogP contribution < -0.4 is 21.1 Å². The van der Waals surface area contributed by atoms with Crippen LogP contribution in [0.5, 0.6) is 5.75 Å². The van der Waals surface area contributed by atoms with Crippen molar-refractivity contribution in [2.24, 2.45) is 10.7 Å². The van der Waals surface area contributed by atoms with Gasteiger partial charge in [-0.2, -0.15) is 0 Å². The molecular formula is C28H32N4O2. The van der Waals surface area contributed by atoms with Crippen LogP contribution in [-0.4, -0.2) is 25.5 Å². The molecule has 0 aromatic heterocycles. The molecule has 4 N–H and O–H groups in total. The number of unbranched alkanes of at least 4 members (excludes halogenated alkanes) is 1. The zero-order valence-electron chi connectivity index (χ0n) is 19.8. The highest BCUT2D eigenvalue weighted by Crippen LogP contribution is 2.42. The molecule has 3 aromatic rings. The van der Waals surface area contributed by atoms with Crippen LogP contribution in [0.1, 0.15) is 59.8 Å². The largest absolute Gasteiger partial charge is 0.485 e. The van der Waals surface area contributed by atoms with Crippen LogP contribution in [-0.2, 0) is 0 Å². The number of rotatable bonds is 7. The van der Waals surface area contributed by atoms with Crippen LogP contribution in [0.4, 0.5) is 0 Å². The molecule has 1 aliphatic heterocycles. The van der Waals surface area contributed by atoms with Crippen LogP contribution in [0, 0.1) is 0 Å². The number of nitrogens with one attached hydrogen (secondary N) is 2. The quantitative estimate of drug-likeness (QED) is 0.266. The monoisotopic (exact) mass is 456 g/mol. The molecule has 3 aromatic carbocycles. The molecule has 0 radical (unpaired) electrons. The first-order chi connectivity index (χ1) is 16.6. The molecule has 0 saturated carbocycles. The molecule has 1 heterocycles. The molecular weight excluding hydrogens is 424 g/mol. The molecule has 2 unspecified atom stereocenters. The number of nitrogens with two attached hydrogens (primary N) is 1. The van der Waals surface area contributed by atoms with Crippen molar-refractivity contribution in [2.75, 3.05) is 13.6 Å². The fourth-order valence-corrected chi connectivity index (χ4v) is 4.22. The molecule has 0 aliphatic carbocycles. The van der Waals surface area contributed by atoms with Crippen molar-refractivity contribution in [3.8, 4) is 16.9 Å². The number of fused-ring (bicyclic) bond motifs is 1. The second kappa shape index (κ2) is 10.9. The topological polar surface area (TPSA) is 88.7 Å². The number of guanidine groups is 1. The fraction of sp³-hybridized carbons (Fsp3) is 0.286. The minimum absolute atomic E-state index is 0.0474. The van der Waals surface area contributed by atoms with Crippen LogP contribution in [0.2, 0.25) is 0 Å². The van der Waals surface area contributed by atoms with Gasteiger partial charge in [0.25, 0.3) is 5.91 Å². The Kier molecular flexibility index (Phi) is 7.48. The van der Waals surface area contributed by atoms with Gasteiger partial charge in [0.2, 0.25) is 0 Å². The van der Waals surface area contributed by atoms with E-state index >= 15 is 0 Å². The average molecular weight is 457 g/mol. The van der Waals surface area contributed by atoms with E-state index in [1.54, 1.807) is 7.05 Å². The van der Waals surface area contributed by atoms with E-state index in [1.807, 2.05) is 54.6 Å². The maximum absolute atomic E-state index is 12.5. The molecule has 34 heavy (non-hydrogen) atoms. The first-order valence-corrected chi connectivity index (χ1v) is 11.8. The van der Waals surface area contributed by atoms with E-state index in [9.17, 15) is 4.79 Å². The summed E-state index contributed by atoms with van der Waals surface area (Å²) in [7, 11) is 1.67. The third-order valence-corrected chi connectivity index (χ3v) is 6.11. The van der Waals surface area contributed by atoms with Gasteiger partial charge in [-0.25, -0.2) is 0 Å². The van der Waals surface area contributed by atoms with E-state index in [1.165, 1.54) is 0 Å². The highest BCUT2D eigenvalue weighted by Gasteiger charge is 2.30. The zero-order chi connectivity index (χ0) is 23.9. The lowest BCUT2D eigenvalue weighted by Crippen LogP contribution is -2.37. The average Bonchev–Trinajstić information content (AvgIpc) is 2.89. The highest BCUT2D eigenvalue weighted by molar-refractivity contribution is 5.95. The predicted octanol–water partition coefficient (Wildman–Crippen LogP) is 4.98. The Labute approximate surface area is 201 Å². The number of amides is 1. The first kappa shape index (κ1) is 23.4. The molecule has 176 valence electrons. The molecule has 0 bridgehead atoms. The van der Waals surface area contributed by atoms with Gasteiger partial charge < -0.3 is 21.1 Å². The van der Waals surface area contributed by atoms with Gasteiger partial charge in [-0.3, -0.25) is 9.79 Å². The number of nitrogens with zero attached hydrogens (tertiary/aromatic N) is 1. The maximum atomic E-state index is 12.5. The molecule has 0 saturated heterocycles. The van der Waals surface area contributed by atoms with Gasteiger partial charge in [0.05, 0.1) is 6.04 Å². The van der Waals surface area contributed by atoms with Crippen LogP contribution in [0.15, 0.2) is 77.8 Å². The number of carbonyl (C=O) groups is 1. The maximum Gasteiger partial charge on any atom is 0.251 e. The van der Waals surface area contributed by atoms with Gasteiger partial charge in [0, 0.05) is 31.1 Å². The van der Waals surface area contributed by atoms with Gasteiger partial charge in [0.15, 0.2) is 5.96 Å². The Morgan fingerprint density at radius 2 is 1.85 bits per heavy atom. The third-order valence-electron chi connectivity index (χ3n) is 6.11. The van der Waals surface area contributed by atoms with E-state index < -0.39 is 0 Å². The third kappa shape index (κ3) is 5.39. The van der Waals surface area contributed by atoms with Crippen molar-refractivity contribution in [3.05, 3.63) is 89.5 Å². The number of ether oxygens (including phenoxy) is 1. The summed E-state index contributed by atoms with van der Waals surface area (Å²) in [5, 5.41) is 6.33. The Bertz CT molecular complexity index is 1160. The van der Waals surface area contributed by atoms with Crippen molar-refractivity contribution < 1.29 is 9.53 Å². The Morgan fingerprint density at radius 3 is 2.62 bits per heavy atom. The second-order valence-electron chi connectivity index (χ2n) is 8.50. The summed E-state index contributed by atoms with van der Waals surface area (Å²) < 4.78 is 6.39. The van der Waals surface area contributed by atoms with Crippen molar-refractivity contribution >= 4 is 11.9 Å². The summed E-state index contributed by atoms with van der Waals surface area (Å²) in [6, 6.07) is 24.0. The van der Waals surface area contributed by atoms with Gasteiger partial charge in [-0.15, -0.1) is 0 Å². The lowest BCUT2D eigenvalue weighted by Gasteiger charge is -2.33. The number of aliphatic imine (C=N–C) groups is 1. The molecule has 0 spiro atoms. The van der Waals surface area contributed by atoms with Crippen LogP contribution >= 0.6 is 0 Å². The van der Waals surface area contributed by atoms with E-state index in [0.29, 0.717) is 18.1 Å². The fourth-order valence-electron chi connectivity index (χ4n) is 4.22. The van der Waals surface area contributed by atoms with E-state index in [-0.39, 0.29) is 18.1 Å². The lowest BCUT2D eigenvalue weighted by atomic mass is 9.90. The van der Waals surface area contributed by atoms with Crippen LogP contribution in [0.3, 0.4) is 0 Å². The smallest absolute Gasteiger partial charge is 0.251 e. The zero-order valence-corrected chi connectivity index (χ0v) is 19.8. The molecule has 1 amide bonds. The summed E-state index contributed by atoms with van der Waals surface area (Å²) in [6.07, 6.45) is 2.65.